The Morgan fingerprint density at radius 3 is 2.76 bits per heavy atom. The third-order valence-corrected chi connectivity index (χ3v) is 4.57. The number of anilines is 1. The molecule has 1 aromatic carbocycles. The minimum absolute atomic E-state index is 0.759. The van der Waals surface area contributed by atoms with Gasteiger partial charge in [0.05, 0.1) is 5.02 Å². The standard InChI is InChI=1S/C13H18BrClN2/c1-17-6-4-10(5-7-17)9-16-11-2-3-13(15)12(14)8-11/h2-3,8,10,16H,4-7,9H2,1H3. The fraction of sp³-hybridized carbons (Fsp3) is 0.538. The predicted molar refractivity (Wildman–Crippen MR) is 77.9 cm³/mol. The molecule has 1 N–H and O–H groups in total. The monoisotopic (exact) mass is 316 g/mol. The van der Waals surface area contributed by atoms with Crippen LogP contribution >= 0.6 is 27.5 Å². The summed E-state index contributed by atoms with van der Waals surface area (Å²) in [6.45, 7) is 3.50. The zero-order valence-corrected chi connectivity index (χ0v) is 12.4. The van der Waals surface area contributed by atoms with E-state index in [0.29, 0.717) is 0 Å². The molecule has 0 amide bonds. The first-order valence-corrected chi connectivity index (χ1v) is 7.19. The van der Waals surface area contributed by atoms with Gasteiger partial charge in [-0.2, -0.15) is 0 Å². The van der Waals surface area contributed by atoms with Crippen molar-refractivity contribution >= 4 is 33.2 Å². The maximum absolute atomic E-state index is 5.97. The number of likely N-dealkylation sites (tertiary alicyclic amines) is 1. The van der Waals surface area contributed by atoms with E-state index in [0.717, 1.165) is 27.6 Å². The van der Waals surface area contributed by atoms with Crippen molar-refractivity contribution in [2.75, 3.05) is 32.0 Å². The average molecular weight is 318 g/mol. The molecule has 1 saturated heterocycles. The van der Waals surface area contributed by atoms with Crippen LogP contribution in [0.3, 0.4) is 0 Å². The number of hydrogen-bond acceptors (Lipinski definition) is 2. The average Bonchev–Trinajstić information content (AvgIpc) is 2.33. The highest BCUT2D eigenvalue weighted by molar-refractivity contribution is 9.10. The topological polar surface area (TPSA) is 15.3 Å². The van der Waals surface area contributed by atoms with Crippen LogP contribution in [0.15, 0.2) is 22.7 Å². The minimum atomic E-state index is 0.759. The third kappa shape index (κ3) is 3.87. The van der Waals surface area contributed by atoms with E-state index in [4.69, 9.17) is 11.6 Å². The summed E-state index contributed by atoms with van der Waals surface area (Å²) in [6.07, 6.45) is 2.58. The molecule has 0 bridgehead atoms. The molecular formula is C13H18BrClN2. The fourth-order valence-electron chi connectivity index (χ4n) is 2.13. The Kier molecular flexibility index (Phi) is 4.71. The van der Waals surface area contributed by atoms with Crippen molar-refractivity contribution < 1.29 is 0 Å². The SMILES string of the molecule is CN1CCC(CNc2ccc(Cl)c(Br)c2)CC1. The molecule has 1 aliphatic heterocycles. The van der Waals surface area contributed by atoms with E-state index in [1.165, 1.54) is 25.9 Å². The summed E-state index contributed by atoms with van der Waals surface area (Å²) in [5.74, 6) is 0.792. The van der Waals surface area contributed by atoms with Crippen LogP contribution in [0.25, 0.3) is 0 Å². The van der Waals surface area contributed by atoms with Gasteiger partial charge in [0.25, 0.3) is 0 Å². The number of rotatable bonds is 3. The van der Waals surface area contributed by atoms with E-state index in [2.05, 4.69) is 33.2 Å². The molecule has 1 aliphatic rings. The fourth-order valence-corrected chi connectivity index (χ4v) is 2.63. The molecule has 0 radical (unpaired) electrons. The van der Waals surface area contributed by atoms with E-state index in [9.17, 15) is 0 Å². The molecule has 94 valence electrons. The molecule has 17 heavy (non-hydrogen) atoms. The number of piperidine rings is 1. The van der Waals surface area contributed by atoms with Gasteiger partial charge in [-0.1, -0.05) is 11.6 Å². The second kappa shape index (κ2) is 6.07. The molecule has 1 heterocycles. The summed E-state index contributed by atoms with van der Waals surface area (Å²) >= 11 is 9.41. The lowest BCUT2D eigenvalue weighted by Gasteiger charge is -2.29. The van der Waals surface area contributed by atoms with Gasteiger partial charge in [-0.25, -0.2) is 0 Å². The molecule has 1 aromatic rings. The highest BCUT2D eigenvalue weighted by atomic mass is 79.9. The number of halogens is 2. The van der Waals surface area contributed by atoms with E-state index < -0.39 is 0 Å². The van der Waals surface area contributed by atoms with Crippen LogP contribution in [0, 0.1) is 5.92 Å². The lowest BCUT2D eigenvalue weighted by Crippen LogP contribution is -2.32. The quantitative estimate of drug-likeness (QED) is 0.911. The molecule has 2 rings (SSSR count). The number of nitrogens with one attached hydrogen (secondary N) is 1. The first-order chi connectivity index (χ1) is 8.15. The van der Waals surface area contributed by atoms with Gasteiger partial charge in [0.2, 0.25) is 0 Å². The van der Waals surface area contributed by atoms with Crippen molar-refractivity contribution in [2.24, 2.45) is 5.92 Å². The van der Waals surface area contributed by atoms with E-state index >= 15 is 0 Å². The molecule has 1 fully saturated rings. The van der Waals surface area contributed by atoms with Crippen molar-refractivity contribution in [3.63, 3.8) is 0 Å². The van der Waals surface area contributed by atoms with Gasteiger partial charge in [0, 0.05) is 16.7 Å². The van der Waals surface area contributed by atoms with Crippen molar-refractivity contribution in [1.29, 1.82) is 0 Å². The predicted octanol–water partition coefficient (Wildman–Crippen LogP) is 3.86. The van der Waals surface area contributed by atoms with Crippen LogP contribution in [0.5, 0.6) is 0 Å². The van der Waals surface area contributed by atoms with Gasteiger partial charge < -0.3 is 10.2 Å². The van der Waals surface area contributed by atoms with Crippen molar-refractivity contribution in [3.8, 4) is 0 Å². The molecule has 0 aliphatic carbocycles. The molecule has 0 saturated carbocycles. The van der Waals surface area contributed by atoms with E-state index in [1.54, 1.807) is 0 Å². The van der Waals surface area contributed by atoms with Crippen molar-refractivity contribution in [3.05, 3.63) is 27.7 Å². The zero-order chi connectivity index (χ0) is 12.3. The van der Waals surface area contributed by atoms with Crippen LogP contribution in [-0.4, -0.2) is 31.6 Å². The normalized spacial score (nSPS) is 18.3. The number of nitrogens with zero attached hydrogens (tertiary/aromatic N) is 1. The maximum atomic E-state index is 5.97. The highest BCUT2D eigenvalue weighted by Crippen LogP contribution is 2.26. The molecule has 0 spiro atoms. The minimum Gasteiger partial charge on any atom is -0.385 e. The van der Waals surface area contributed by atoms with E-state index in [1.807, 2.05) is 18.2 Å². The Labute approximate surface area is 116 Å². The molecule has 0 aromatic heterocycles. The Bertz CT molecular complexity index is 376. The second-order valence-electron chi connectivity index (χ2n) is 4.76. The Hall–Kier alpha value is -0.250. The van der Waals surface area contributed by atoms with Crippen molar-refractivity contribution in [1.82, 2.24) is 4.90 Å². The molecular weight excluding hydrogens is 300 g/mol. The van der Waals surface area contributed by atoms with E-state index in [-0.39, 0.29) is 0 Å². The van der Waals surface area contributed by atoms with Gasteiger partial charge in [0.15, 0.2) is 0 Å². The molecule has 0 atom stereocenters. The summed E-state index contributed by atoms with van der Waals surface area (Å²) in [5.41, 5.74) is 1.14. The smallest absolute Gasteiger partial charge is 0.0549 e. The van der Waals surface area contributed by atoms with Crippen LogP contribution < -0.4 is 5.32 Å². The Morgan fingerprint density at radius 2 is 2.12 bits per heavy atom. The zero-order valence-electron chi connectivity index (χ0n) is 10.0. The van der Waals surface area contributed by atoms with Gasteiger partial charge in [-0.3, -0.25) is 0 Å². The summed E-state index contributed by atoms with van der Waals surface area (Å²) in [5, 5.41) is 4.25. The molecule has 0 unspecified atom stereocenters. The van der Waals surface area contributed by atoms with Gasteiger partial charge >= 0.3 is 0 Å². The molecule has 2 nitrogen and oxygen atoms in total. The third-order valence-electron chi connectivity index (χ3n) is 3.35. The van der Waals surface area contributed by atoms with Gasteiger partial charge in [-0.15, -0.1) is 0 Å². The number of benzene rings is 1. The largest absolute Gasteiger partial charge is 0.385 e. The highest BCUT2D eigenvalue weighted by Gasteiger charge is 2.16. The lowest BCUT2D eigenvalue weighted by atomic mass is 9.97. The van der Waals surface area contributed by atoms with Crippen molar-refractivity contribution in [2.45, 2.75) is 12.8 Å². The summed E-state index contributed by atoms with van der Waals surface area (Å²) < 4.78 is 0.951. The van der Waals surface area contributed by atoms with Crippen LogP contribution in [0.1, 0.15) is 12.8 Å². The maximum Gasteiger partial charge on any atom is 0.0549 e. The second-order valence-corrected chi connectivity index (χ2v) is 6.02. The van der Waals surface area contributed by atoms with Gasteiger partial charge in [0.1, 0.15) is 0 Å². The van der Waals surface area contributed by atoms with Crippen LogP contribution in [0.2, 0.25) is 5.02 Å². The summed E-state index contributed by atoms with van der Waals surface area (Å²) in [7, 11) is 2.19. The van der Waals surface area contributed by atoms with Gasteiger partial charge in [-0.05, 0) is 73.0 Å². The van der Waals surface area contributed by atoms with Crippen LogP contribution in [-0.2, 0) is 0 Å². The first kappa shape index (κ1) is 13.2. The Balaban J connectivity index is 1.83. The Morgan fingerprint density at radius 1 is 1.41 bits per heavy atom. The summed E-state index contributed by atoms with van der Waals surface area (Å²) in [4.78, 5) is 2.40. The number of hydrogen-bond donors (Lipinski definition) is 1. The van der Waals surface area contributed by atoms with Crippen LogP contribution in [0.4, 0.5) is 5.69 Å². The first-order valence-electron chi connectivity index (χ1n) is 6.02. The summed E-state index contributed by atoms with van der Waals surface area (Å²) in [6, 6.07) is 5.99. The molecule has 4 heteroatoms. The lowest BCUT2D eigenvalue weighted by molar-refractivity contribution is 0.226.